The third-order valence-corrected chi connectivity index (χ3v) is 5.79. The second-order valence-corrected chi connectivity index (χ2v) is 8.23. The van der Waals surface area contributed by atoms with Crippen LogP contribution >= 0.6 is 11.6 Å². The van der Waals surface area contributed by atoms with Crippen LogP contribution in [-0.2, 0) is 22.6 Å². The summed E-state index contributed by atoms with van der Waals surface area (Å²) >= 11 is 6.02. The van der Waals surface area contributed by atoms with E-state index in [0.29, 0.717) is 37.6 Å². The summed E-state index contributed by atoms with van der Waals surface area (Å²) < 4.78 is 0. The zero-order valence-electron chi connectivity index (χ0n) is 15.7. The van der Waals surface area contributed by atoms with Gasteiger partial charge in [-0.15, -0.1) is 0 Å². The number of piperazine rings is 1. The Balaban J connectivity index is 1.51. The molecule has 0 aromatic heterocycles. The van der Waals surface area contributed by atoms with Crippen LogP contribution in [0.3, 0.4) is 0 Å². The van der Waals surface area contributed by atoms with E-state index in [2.05, 4.69) is 22.3 Å². The fourth-order valence-electron chi connectivity index (χ4n) is 4.23. The molecule has 2 aromatic carbocycles. The maximum atomic E-state index is 13.4. The van der Waals surface area contributed by atoms with E-state index >= 15 is 0 Å². The highest BCUT2D eigenvalue weighted by molar-refractivity contribution is 6.30. The zero-order valence-corrected chi connectivity index (χ0v) is 16.5. The van der Waals surface area contributed by atoms with E-state index in [9.17, 15) is 9.59 Å². The Bertz CT molecular complexity index is 848. The zero-order chi connectivity index (χ0) is 19.6. The number of hydrogen-bond donors (Lipinski definition) is 1. The van der Waals surface area contributed by atoms with Crippen LogP contribution in [0.4, 0.5) is 0 Å². The largest absolute Gasteiger partial charge is 0.353 e. The van der Waals surface area contributed by atoms with Gasteiger partial charge in [0.05, 0.1) is 12.0 Å². The fourth-order valence-corrected chi connectivity index (χ4v) is 4.35. The summed E-state index contributed by atoms with van der Waals surface area (Å²) in [5.74, 6) is 0.00307. The van der Waals surface area contributed by atoms with Gasteiger partial charge in [-0.3, -0.25) is 14.5 Å². The summed E-state index contributed by atoms with van der Waals surface area (Å²) in [4.78, 5) is 29.2. The first-order valence-electron chi connectivity index (χ1n) is 9.61. The molecule has 2 fully saturated rings. The number of benzene rings is 2. The lowest BCUT2D eigenvalue weighted by Crippen LogP contribution is -2.66. The van der Waals surface area contributed by atoms with Gasteiger partial charge in [0.25, 0.3) is 0 Å². The minimum atomic E-state index is -0.486. The Morgan fingerprint density at radius 2 is 1.75 bits per heavy atom. The first-order chi connectivity index (χ1) is 13.5. The van der Waals surface area contributed by atoms with Crippen LogP contribution in [0.2, 0.25) is 5.02 Å². The Morgan fingerprint density at radius 1 is 1.04 bits per heavy atom. The molecule has 2 heterocycles. The summed E-state index contributed by atoms with van der Waals surface area (Å²) in [5.41, 5.74) is 1.85. The van der Waals surface area contributed by atoms with E-state index in [1.807, 2.05) is 42.5 Å². The molecule has 2 aliphatic rings. The average Bonchev–Trinajstić information content (AvgIpc) is 2.68. The number of carbonyl (C=O) groups is 2. The lowest BCUT2D eigenvalue weighted by atomic mass is 9.73. The standard InChI is InChI=1S/C22H24ClN3O2/c23-19-8-6-17(7-9-19)12-22(21(28)26-11-10-24-20(27)14-26)15-25(16-22)13-18-4-2-1-3-5-18/h1-9H,10-16H2,(H,24,27). The van der Waals surface area contributed by atoms with Gasteiger partial charge in [0.15, 0.2) is 0 Å². The van der Waals surface area contributed by atoms with Crippen molar-refractivity contribution in [2.45, 2.75) is 13.0 Å². The van der Waals surface area contributed by atoms with Crippen LogP contribution in [0.5, 0.6) is 0 Å². The van der Waals surface area contributed by atoms with Gasteiger partial charge < -0.3 is 10.2 Å². The molecule has 6 heteroatoms. The Kier molecular flexibility index (Phi) is 5.38. The number of nitrogens with zero attached hydrogens (tertiary/aromatic N) is 2. The molecule has 0 saturated carbocycles. The van der Waals surface area contributed by atoms with E-state index in [-0.39, 0.29) is 18.4 Å². The van der Waals surface area contributed by atoms with Gasteiger partial charge in [-0.2, -0.15) is 0 Å². The molecule has 28 heavy (non-hydrogen) atoms. The van der Waals surface area contributed by atoms with Gasteiger partial charge in [0.2, 0.25) is 11.8 Å². The number of hydrogen-bond acceptors (Lipinski definition) is 3. The third-order valence-electron chi connectivity index (χ3n) is 5.54. The number of nitrogens with one attached hydrogen (secondary N) is 1. The highest BCUT2D eigenvalue weighted by atomic mass is 35.5. The van der Waals surface area contributed by atoms with Crippen molar-refractivity contribution in [3.05, 3.63) is 70.7 Å². The number of halogens is 1. The SMILES string of the molecule is O=C1CN(C(=O)C2(Cc3ccc(Cl)cc3)CN(Cc3ccccc3)C2)CCN1. The van der Waals surface area contributed by atoms with Crippen molar-refractivity contribution >= 4 is 23.4 Å². The predicted molar refractivity (Wildman–Crippen MR) is 109 cm³/mol. The van der Waals surface area contributed by atoms with Crippen molar-refractivity contribution < 1.29 is 9.59 Å². The van der Waals surface area contributed by atoms with Crippen molar-refractivity contribution in [1.82, 2.24) is 15.1 Å². The van der Waals surface area contributed by atoms with Crippen molar-refractivity contribution in [3.8, 4) is 0 Å². The van der Waals surface area contributed by atoms with Crippen LogP contribution in [0.15, 0.2) is 54.6 Å². The molecule has 146 valence electrons. The summed E-state index contributed by atoms with van der Waals surface area (Å²) in [6, 6.07) is 18.0. The van der Waals surface area contributed by atoms with Crippen molar-refractivity contribution in [2.24, 2.45) is 5.41 Å². The molecule has 0 atom stereocenters. The molecule has 2 amide bonds. The molecule has 0 aliphatic carbocycles. The number of rotatable bonds is 5. The van der Waals surface area contributed by atoms with Crippen molar-refractivity contribution in [1.29, 1.82) is 0 Å². The Labute approximate surface area is 170 Å². The molecule has 0 spiro atoms. The molecule has 2 aliphatic heterocycles. The molecule has 4 rings (SSSR count). The van der Waals surface area contributed by atoms with Gasteiger partial charge in [-0.25, -0.2) is 0 Å². The van der Waals surface area contributed by atoms with Crippen LogP contribution in [-0.4, -0.2) is 54.3 Å². The molecular formula is C22H24ClN3O2. The molecule has 2 aromatic rings. The summed E-state index contributed by atoms with van der Waals surface area (Å²) in [5, 5.41) is 3.48. The first-order valence-corrected chi connectivity index (χ1v) is 9.99. The lowest BCUT2D eigenvalue weighted by molar-refractivity contribution is -0.157. The monoisotopic (exact) mass is 397 g/mol. The molecule has 0 radical (unpaired) electrons. The number of amides is 2. The highest BCUT2D eigenvalue weighted by Crippen LogP contribution is 2.37. The molecule has 0 bridgehead atoms. The Hall–Kier alpha value is -2.37. The van der Waals surface area contributed by atoms with E-state index in [4.69, 9.17) is 11.6 Å². The molecular weight excluding hydrogens is 374 g/mol. The van der Waals surface area contributed by atoms with Crippen LogP contribution in [0, 0.1) is 5.41 Å². The minimum Gasteiger partial charge on any atom is -0.353 e. The quantitative estimate of drug-likeness (QED) is 0.842. The lowest BCUT2D eigenvalue weighted by Gasteiger charge is -2.51. The normalized spacial score (nSPS) is 19.0. The van der Waals surface area contributed by atoms with Gasteiger partial charge >= 0.3 is 0 Å². The Morgan fingerprint density at radius 3 is 2.43 bits per heavy atom. The molecule has 0 unspecified atom stereocenters. The first kappa shape index (κ1) is 19.0. The maximum Gasteiger partial charge on any atom is 0.239 e. The van der Waals surface area contributed by atoms with Crippen molar-refractivity contribution in [3.63, 3.8) is 0 Å². The number of likely N-dealkylation sites (tertiary alicyclic amines) is 1. The van der Waals surface area contributed by atoms with Gasteiger partial charge in [0, 0.05) is 37.7 Å². The number of carbonyl (C=O) groups excluding carboxylic acids is 2. The van der Waals surface area contributed by atoms with Gasteiger partial charge in [-0.05, 0) is 29.7 Å². The van der Waals surface area contributed by atoms with Crippen LogP contribution in [0.1, 0.15) is 11.1 Å². The van der Waals surface area contributed by atoms with Crippen LogP contribution < -0.4 is 5.32 Å². The van der Waals surface area contributed by atoms with E-state index < -0.39 is 5.41 Å². The molecule has 1 N–H and O–H groups in total. The van der Waals surface area contributed by atoms with E-state index in [1.165, 1.54) is 5.56 Å². The van der Waals surface area contributed by atoms with E-state index in [0.717, 1.165) is 12.1 Å². The predicted octanol–water partition coefficient (Wildman–Crippen LogP) is 2.34. The van der Waals surface area contributed by atoms with Gasteiger partial charge in [0.1, 0.15) is 0 Å². The second kappa shape index (κ2) is 7.94. The van der Waals surface area contributed by atoms with E-state index in [1.54, 1.807) is 4.90 Å². The molecule has 5 nitrogen and oxygen atoms in total. The minimum absolute atomic E-state index is 0.0818. The van der Waals surface area contributed by atoms with Crippen molar-refractivity contribution in [2.75, 3.05) is 32.7 Å². The van der Waals surface area contributed by atoms with Crippen LogP contribution in [0.25, 0.3) is 0 Å². The summed E-state index contributed by atoms with van der Waals surface area (Å²) in [6.45, 7) is 3.47. The summed E-state index contributed by atoms with van der Waals surface area (Å²) in [7, 11) is 0. The maximum absolute atomic E-state index is 13.4. The topological polar surface area (TPSA) is 52.7 Å². The highest BCUT2D eigenvalue weighted by Gasteiger charge is 2.51. The fraction of sp³-hybridized carbons (Fsp3) is 0.364. The smallest absolute Gasteiger partial charge is 0.239 e. The average molecular weight is 398 g/mol. The van der Waals surface area contributed by atoms with Gasteiger partial charge in [-0.1, -0.05) is 54.1 Å². The third kappa shape index (κ3) is 4.05. The second-order valence-electron chi connectivity index (χ2n) is 7.79. The summed E-state index contributed by atoms with van der Waals surface area (Å²) in [6.07, 6.45) is 0.659. The molecule has 2 saturated heterocycles.